The fourth-order valence-electron chi connectivity index (χ4n) is 2.68. The van der Waals surface area contributed by atoms with Crippen LogP contribution in [0.25, 0.3) is 0 Å². The molecule has 1 aliphatic rings. The SMILES string of the molecule is CN(C)C(=O)[C@@H]1CCCN1Cc1ccc(OCC(F)(F)F)cc1. The van der Waals surface area contributed by atoms with Crippen molar-refractivity contribution < 1.29 is 22.7 Å². The van der Waals surface area contributed by atoms with Crippen LogP contribution in [0.5, 0.6) is 5.75 Å². The predicted molar refractivity (Wildman–Crippen MR) is 80.1 cm³/mol. The first-order valence-corrected chi connectivity index (χ1v) is 7.50. The number of likely N-dealkylation sites (tertiary alicyclic amines) is 1. The second-order valence-corrected chi connectivity index (χ2v) is 5.91. The lowest BCUT2D eigenvalue weighted by Crippen LogP contribution is -2.42. The summed E-state index contributed by atoms with van der Waals surface area (Å²) in [5.41, 5.74) is 0.947. The smallest absolute Gasteiger partial charge is 0.422 e. The van der Waals surface area contributed by atoms with Crippen LogP contribution in [-0.2, 0) is 11.3 Å². The zero-order chi connectivity index (χ0) is 17.0. The highest BCUT2D eigenvalue weighted by molar-refractivity contribution is 5.81. The maximum Gasteiger partial charge on any atom is 0.422 e. The summed E-state index contributed by atoms with van der Waals surface area (Å²) >= 11 is 0. The van der Waals surface area contributed by atoms with Crippen LogP contribution in [0.15, 0.2) is 24.3 Å². The van der Waals surface area contributed by atoms with Crippen LogP contribution in [0, 0.1) is 0 Å². The number of carbonyl (C=O) groups excluding carboxylic acids is 1. The lowest BCUT2D eigenvalue weighted by molar-refractivity contribution is -0.153. The van der Waals surface area contributed by atoms with Crippen LogP contribution in [0.2, 0.25) is 0 Å². The highest BCUT2D eigenvalue weighted by Gasteiger charge is 2.31. The van der Waals surface area contributed by atoms with Crippen molar-refractivity contribution in [2.24, 2.45) is 0 Å². The highest BCUT2D eigenvalue weighted by atomic mass is 19.4. The Morgan fingerprint density at radius 2 is 1.96 bits per heavy atom. The summed E-state index contributed by atoms with van der Waals surface area (Å²) in [6.07, 6.45) is -2.53. The molecule has 4 nitrogen and oxygen atoms in total. The van der Waals surface area contributed by atoms with Gasteiger partial charge >= 0.3 is 6.18 Å². The topological polar surface area (TPSA) is 32.8 Å². The summed E-state index contributed by atoms with van der Waals surface area (Å²) in [7, 11) is 3.48. The summed E-state index contributed by atoms with van der Waals surface area (Å²) in [5.74, 6) is 0.279. The van der Waals surface area contributed by atoms with Gasteiger partial charge in [-0.3, -0.25) is 9.69 Å². The summed E-state index contributed by atoms with van der Waals surface area (Å²) in [5, 5.41) is 0. The molecule has 0 aliphatic carbocycles. The van der Waals surface area contributed by atoms with Gasteiger partial charge in [-0.25, -0.2) is 0 Å². The predicted octanol–water partition coefficient (Wildman–Crippen LogP) is 2.68. The Morgan fingerprint density at radius 1 is 1.30 bits per heavy atom. The first-order chi connectivity index (χ1) is 10.8. The molecule has 0 bridgehead atoms. The third kappa shape index (κ3) is 5.13. The summed E-state index contributed by atoms with van der Waals surface area (Å²) < 4.78 is 41.0. The Bertz CT molecular complexity index is 529. The van der Waals surface area contributed by atoms with Crippen molar-refractivity contribution in [3.05, 3.63) is 29.8 Å². The van der Waals surface area contributed by atoms with E-state index in [4.69, 9.17) is 0 Å². The molecule has 7 heteroatoms. The molecule has 2 rings (SSSR count). The third-order valence-corrected chi connectivity index (χ3v) is 3.80. The van der Waals surface area contributed by atoms with Gasteiger partial charge in [0.25, 0.3) is 0 Å². The summed E-state index contributed by atoms with van der Waals surface area (Å²) in [6.45, 7) is 0.151. The van der Waals surface area contributed by atoms with E-state index in [9.17, 15) is 18.0 Å². The molecule has 0 aromatic heterocycles. The number of hydrogen-bond acceptors (Lipinski definition) is 3. The minimum Gasteiger partial charge on any atom is -0.484 e. The van der Waals surface area contributed by atoms with Crippen molar-refractivity contribution in [3.63, 3.8) is 0 Å². The molecule has 0 saturated carbocycles. The van der Waals surface area contributed by atoms with Crippen molar-refractivity contribution in [3.8, 4) is 5.75 Å². The third-order valence-electron chi connectivity index (χ3n) is 3.80. The van der Waals surface area contributed by atoms with Gasteiger partial charge < -0.3 is 9.64 Å². The number of rotatable bonds is 5. The van der Waals surface area contributed by atoms with Crippen molar-refractivity contribution in [1.29, 1.82) is 0 Å². The van der Waals surface area contributed by atoms with Gasteiger partial charge in [0, 0.05) is 20.6 Å². The molecule has 23 heavy (non-hydrogen) atoms. The summed E-state index contributed by atoms with van der Waals surface area (Å²) in [4.78, 5) is 15.8. The van der Waals surface area contributed by atoms with Crippen LogP contribution >= 0.6 is 0 Å². The van der Waals surface area contributed by atoms with E-state index in [0.29, 0.717) is 6.54 Å². The van der Waals surface area contributed by atoms with Gasteiger partial charge in [-0.15, -0.1) is 0 Å². The molecular weight excluding hydrogens is 309 g/mol. The zero-order valence-corrected chi connectivity index (χ0v) is 13.3. The van der Waals surface area contributed by atoms with E-state index in [2.05, 4.69) is 9.64 Å². The van der Waals surface area contributed by atoms with E-state index in [1.54, 1.807) is 31.1 Å². The van der Waals surface area contributed by atoms with Crippen LogP contribution < -0.4 is 4.74 Å². The molecule has 1 saturated heterocycles. The van der Waals surface area contributed by atoms with Gasteiger partial charge in [0.15, 0.2) is 6.61 Å². The van der Waals surface area contributed by atoms with Crippen LogP contribution in [-0.4, -0.2) is 55.2 Å². The molecule has 1 amide bonds. The van der Waals surface area contributed by atoms with Crippen LogP contribution in [0.4, 0.5) is 13.2 Å². The number of ether oxygens (including phenoxy) is 1. The van der Waals surface area contributed by atoms with Gasteiger partial charge in [-0.2, -0.15) is 13.2 Å². The molecule has 0 radical (unpaired) electrons. The lowest BCUT2D eigenvalue weighted by Gasteiger charge is -2.26. The number of likely N-dealkylation sites (N-methyl/N-ethyl adjacent to an activating group) is 1. The Kier molecular flexibility index (Phi) is 5.51. The van der Waals surface area contributed by atoms with Crippen molar-refractivity contribution >= 4 is 5.91 Å². The second-order valence-electron chi connectivity index (χ2n) is 5.91. The van der Waals surface area contributed by atoms with Crippen molar-refractivity contribution in [2.75, 3.05) is 27.2 Å². The normalized spacial score (nSPS) is 18.9. The average Bonchev–Trinajstić information content (AvgIpc) is 2.93. The van der Waals surface area contributed by atoms with E-state index in [-0.39, 0.29) is 17.7 Å². The Morgan fingerprint density at radius 3 is 2.52 bits per heavy atom. The molecule has 0 N–H and O–H groups in total. The first kappa shape index (κ1) is 17.6. The van der Waals surface area contributed by atoms with Crippen molar-refractivity contribution in [1.82, 2.24) is 9.80 Å². The molecule has 1 atom stereocenters. The maximum absolute atomic E-state index is 12.1. The van der Waals surface area contributed by atoms with E-state index in [1.165, 1.54) is 12.1 Å². The van der Waals surface area contributed by atoms with Gasteiger partial charge in [0.1, 0.15) is 5.75 Å². The fourth-order valence-corrected chi connectivity index (χ4v) is 2.68. The molecule has 1 aromatic carbocycles. The number of benzene rings is 1. The van der Waals surface area contributed by atoms with E-state index < -0.39 is 12.8 Å². The molecule has 0 spiro atoms. The minimum absolute atomic E-state index is 0.0904. The molecular formula is C16H21F3N2O2. The first-order valence-electron chi connectivity index (χ1n) is 7.50. The molecule has 1 aromatic rings. The highest BCUT2D eigenvalue weighted by Crippen LogP contribution is 2.23. The number of amides is 1. The quantitative estimate of drug-likeness (QED) is 0.832. The lowest BCUT2D eigenvalue weighted by atomic mass is 10.1. The molecule has 0 unspecified atom stereocenters. The van der Waals surface area contributed by atoms with Gasteiger partial charge in [-0.1, -0.05) is 12.1 Å². The average molecular weight is 330 g/mol. The number of nitrogens with zero attached hydrogens (tertiary/aromatic N) is 2. The Hall–Kier alpha value is -1.76. The van der Waals surface area contributed by atoms with E-state index in [1.807, 2.05) is 0 Å². The molecule has 1 heterocycles. The Labute approximate surface area is 133 Å². The van der Waals surface area contributed by atoms with E-state index >= 15 is 0 Å². The number of halogens is 3. The molecule has 1 aliphatic heterocycles. The molecule has 128 valence electrons. The van der Waals surface area contributed by atoms with Gasteiger partial charge in [0.2, 0.25) is 5.91 Å². The maximum atomic E-state index is 12.1. The Balaban J connectivity index is 1.94. The number of hydrogen-bond donors (Lipinski definition) is 0. The second kappa shape index (κ2) is 7.21. The largest absolute Gasteiger partial charge is 0.484 e. The zero-order valence-electron chi connectivity index (χ0n) is 13.3. The van der Waals surface area contributed by atoms with E-state index in [0.717, 1.165) is 24.9 Å². The summed E-state index contributed by atoms with van der Waals surface area (Å²) in [6, 6.07) is 6.41. The van der Waals surface area contributed by atoms with Crippen molar-refractivity contribution in [2.45, 2.75) is 31.6 Å². The van der Waals surface area contributed by atoms with Gasteiger partial charge in [0.05, 0.1) is 6.04 Å². The van der Waals surface area contributed by atoms with Crippen LogP contribution in [0.3, 0.4) is 0 Å². The van der Waals surface area contributed by atoms with Crippen LogP contribution in [0.1, 0.15) is 18.4 Å². The molecule has 1 fully saturated rings. The minimum atomic E-state index is -4.34. The fraction of sp³-hybridized carbons (Fsp3) is 0.562. The monoisotopic (exact) mass is 330 g/mol. The van der Waals surface area contributed by atoms with Gasteiger partial charge in [-0.05, 0) is 37.1 Å². The number of carbonyl (C=O) groups is 1. The number of alkyl halides is 3. The standard InChI is InChI=1S/C16H21F3N2O2/c1-20(2)15(22)14-4-3-9-21(14)10-12-5-7-13(8-6-12)23-11-16(17,18)19/h5-8,14H,3-4,9-11H2,1-2H3/t14-/m0/s1.